The van der Waals surface area contributed by atoms with Crippen LogP contribution in [0.25, 0.3) is 0 Å². The Morgan fingerprint density at radius 3 is 2.55 bits per heavy atom. The van der Waals surface area contributed by atoms with Gasteiger partial charge in [-0.25, -0.2) is 0 Å². The zero-order valence-electron chi connectivity index (χ0n) is 11.7. The third kappa shape index (κ3) is 4.05. The molecule has 20 heavy (non-hydrogen) atoms. The predicted octanol–water partition coefficient (Wildman–Crippen LogP) is 2.08. The van der Waals surface area contributed by atoms with Crippen LogP contribution in [0.15, 0.2) is 48.8 Å². The van der Waals surface area contributed by atoms with Gasteiger partial charge in [0.1, 0.15) is 5.75 Å². The zero-order chi connectivity index (χ0) is 14.2. The maximum atomic E-state index is 9.23. The lowest BCUT2D eigenvalue weighted by atomic mass is 10.1. The van der Waals surface area contributed by atoms with Crippen LogP contribution in [0.4, 0.5) is 0 Å². The van der Waals surface area contributed by atoms with Gasteiger partial charge in [0.2, 0.25) is 0 Å². The highest BCUT2D eigenvalue weighted by Gasteiger charge is 2.09. The molecule has 1 aromatic carbocycles. The van der Waals surface area contributed by atoms with Gasteiger partial charge in [0.25, 0.3) is 0 Å². The predicted molar refractivity (Wildman–Crippen MR) is 78.4 cm³/mol. The van der Waals surface area contributed by atoms with Gasteiger partial charge < -0.3 is 9.84 Å². The van der Waals surface area contributed by atoms with E-state index in [-0.39, 0.29) is 6.61 Å². The SMILES string of the molecule is COc1ccccc1CN(CCO)Cc1ccncc1. The van der Waals surface area contributed by atoms with Crippen LogP contribution in [0.3, 0.4) is 0 Å². The minimum absolute atomic E-state index is 0.139. The third-order valence-electron chi connectivity index (χ3n) is 3.16. The first-order chi connectivity index (χ1) is 9.83. The number of rotatable bonds is 7. The van der Waals surface area contributed by atoms with Crippen LogP contribution in [-0.2, 0) is 13.1 Å². The number of aromatic nitrogens is 1. The molecule has 0 saturated heterocycles. The van der Waals surface area contributed by atoms with Gasteiger partial charge in [0.15, 0.2) is 0 Å². The van der Waals surface area contributed by atoms with Gasteiger partial charge in [-0.3, -0.25) is 9.88 Å². The van der Waals surface area contributed by atoms with E-state index >= 15 is 0 Å². The quantitative estimate of drug-likeness (QED) is 0.838. The van der Waals surface area contributed by atoms with E-state index in [0.29, 0.717) is 6.54 Å². The number of aliphatic hydroxyl groups is 1. The van der Waals surface area contributed by atoms with Gasteiger partial charge in [-0.1, -0.05) is 18.2 Å². The summed E-state index contributed by atoms with van der Waals surface area (Å²) in [6, 6.07) is 12.0. The Bertz CT molecular complexity index is 517. The Morgan fingerprint density at radius 2 is 1.85 bits per heavy atom. The lowest BCUT2D eigenvalue weighted by Gasteiger charge is -2.22. The van der Waals surface area contributed by atoms with E-state index in [0.717, 1.165) is 24.4 Å². The fourth-order valence-corrected chi connectivity index (χ4v) is 2.18. The van der Waals surface area contributed by atoms with E-state index in [1.54, 1.807) is 19.5 Å². The number of methoxy groups -OCH3 is 1. The summed E-state index contributed by atoms with van der Waals surface area (Å²) in [5.41, 5.74) is 2.31. The summed E-state index contributed by atoms with van der Waals surface area (Å²) in [5, 5.41) is 9.23. The lowest BCUT2D eigenvalue weighted by molar-refractivity contribution is 0.183. The van der Waals surface area contributed by atoms with Gasteiger partial charge in [-0.2, -0.15) is 0 Å². The van der Waals surface area contributed by atoms with Crippen molar-refractivity contribution in [2.75, 3.05) is 20.3 Å². The largest absolute Gasteiger partial charge is 0.496 e. The number of hydrogen-bond donors (Lipinski definition) is 1. The first-order valence-electron chi connectivity index (χ1n) is 6.67. The van der Waals surface area contributed by atoms with Crippen LogP contribution in [0.2, 0.25) is 0 Å². The second-order valence-electron chi connectivity index (χ2n) is 4.60. The van der Waals surface area contributed by atoms with E-state index in [1.165, 1.54) is 5.56 Å². The van der Waals surface area contributed by atoms with Crippen molar-refractivity contribution in [3.05, 3.63) is 59.9 Å². The van der Waals surface area contributed by atoms with Gasteiger partial charge in [-0.15, -0.1) is 0 Å². The average Bonchev–Trinajstić information content (AvgIpc) is 2.49. The topological polar surface area (TPSA) is 45.6 Å². The van der Waals surface area contributed by atoms with Crippen molar-refractivity contribution in [3.63, 3.8) is 0 Å². The summed E-state index contributed by atoms with van der Waals surface area (Å²) in [5.74, 6) is 0.880. The Hall–Kier alpha value is -1.91. The molecule has 0 atom stereocenters. The molecule has 0 aliphatic rings. The molecule has 4 heteroatoms. The Labute approximate surface area is 119 Å². The monoisotopic (exact) mass is 272 g/mol. The van der Waals surface area contributed by atoms with E-state index in [2.05, 4.69) is 16.0 Å². The second-order valence-corrected chi connectivity index (χ2v) is 4.60. The number of benzene rings is 1. The van der Waals surface area contributed by atoms with Crippen LogP contribution >= 0.6 is 0 Å². The highest BCUT2D eigenvalue weighted by atomic mass is 16.5. The second kappa shape index (κ2) is 7.62. The van der Waals surface area contributed by atoms with E-state index < -0.39 is 0 Å². The molecule has 0 aliphatic carbocycles. The molecule has 106 valence electrons. The minimum Gasteiger partial charge on any atom is -0.496 e. The highest BCUT2D eigenvalue weighted by molar-refractivity contribution is 5.33. The van der Waals surface area contributed by atoms with E-state index in [9.17, 15) is 5.11 Å². The van der Waals surface area contributed by atoms with Gasteiger partial charge in [-0.05, 0) is 23.8 Å². The van der Waals surface area contributed by atoms with Crippen LogP contribution in [0.5, 0.6) is 5.75 Å². The molecule has 0 radical (unpaired) electrons. The van der Waals surface area contributed by atoms with Crippen molar-refractivity contribution in [2.45, 2.75) is 13.1 Å². The van der Waals surface area contributed by atoms with E-state index in [4.69, 9.17) is 4.74 Å². The molecule has 4 nitrogen and oxygen atoms in total. The number of aliphatic hydroxyl groups excluding tert-OH is 1. The molecular weight excluding hydrogens is 252 g/mol. The van der Waals surface area contributed by atoms with E-state index in [1.807, 2.05) is 30.3 Å². The van der Waals surface area contributed by atoms with Gasteiger partial charge in [0, 0.05) is 37.6 Å². The van der Waals surface area contributed by atoms with Crippen molar-refractivity contribution >= 4 is 0 Å². The molecule has 0 bridgehead atoms. The molecule has 0 fully saturated rings. The molecule has 0 saturated carbocycles. The average molecular weight is 272 g/mol. The van der Waals surface area contributed by atoms with Crippen molar-refractivity contribution in [3.8, 4) is 5.75 Å². The molecule has 1 aromatic heterocycles. The number of para-hydroxylation sites is 1. The van der Waals surface area contributed by atoms with Crippen LogP contribution < -0.4 is 4.74 Å². The maximum Gasteiger partial charge on any atom is 0.123 e. The third-order valence-corrected chi connectivity index (χ3v) is 3.16. The molecule has 1 heterocycles. The van der Waals surface area contributed by atoms with Crippen LogP contribution in [0, 0.1) is 0 Å². The molecular formula is C16H20N2O2. The molecule has 1 N–H and O–H groups in total. The molecule has 2 rings (SSSR count). The molecule has 2 aromatic rings. The first-order valence-corrected chi connectivity index (χ1v) is 6.67. The smallest absolute Gasteiger partial charge is 0.123 e. The summed E-state index contributed by atoms with van der Waals surface area (Å²) < 4.78 is 5.38. The Kier molecular flexibility index (Phi) is 5.53. The van der Waals surface area contributed by atoms with Crippen molar-refractivity contribution in [1.29, 1.82) is 0 Å². The fraction of sp³-hybridized carbons (Fsp3) is 0.312. The van der Waals surface area contributed by atoms with Crippen molar-refractivity contribution < 1.29 is 9.84 Å². The normalized spacial score (nSPS) is 10.8. The first kappa shape index (κ1) is 14.5. The number of pyridine rings is 1. The molecule has 0 aliphatic heterocycles. The summed E-state index contributed by atoms with van der Waals surface area (Å²) in [4.78, 5) is 6.21. The van der Waals surface area contributed by atoms with Crippen molar-refractivity contribution in [1.82, 2.24) is 9.88 Å². The molecule has 0 unspecified atom stereocenters. The van der Waals surface area contributed by atoms with Gasteiger partial charge >= 0.3 is 0 Å². The highest BCUT2D eigenvalue weighted by Crippen LogP contribution is 2.20. The zero-order valence-corrected chi connectivity index (χ0v) is 11.7. The summed E-state index contributed by atoms with van der Waals surface area (Å²) >= 11 is 0. The summed E-state index contributed by atoms with van der Waals surface area (Å²) in [6.45, 7) is 2.29. The van der Waals surface area contributed by atoms with Crippen LogP contribution in [0.1, 0.15) is 11.1 Å². The minimum atomic E-state index is 0.139. The molecule has 0 spiro atoms. The Morgan fingerprint density at radius 1 is 1.10 bits per heavy atom. The van der Waals surface area contributed by atoms with Crippen molar-refractivity contribution in [2.24, 2.45) is 0 Å². The summed E-state index contributed by atoms with van der Waals surface area (Å²) in [7, 11) is 1.68. The number of ether oxygens (including phenoxy) is 1. The summed E-state index contributed by atoms with van der Waals surface area (Å²) in [6.07, 6.45) is 3.57. The number of hydrogen-bond acceptors (Lipinski definition) is 4. The maximum absolute atomic E-state index is 9.23. The van der Waals surface area contributed by atoms with Gasteiger partial charge in [0.05, 0.1) is 13.7 Å². The molecule has 0 amide bonds. The number of nitrogens with zero attached hydrogens (tertiary/aromatic N) is 2. The lowest BCUT2D eigenvalue weighted by Crippen LogP contribution is -2.26. The fourth-order valence-electron chi connectivity index (χ4n) is 2.18. The Balaban J connectivity index is 2.09. The van der Waals surface area contributed by atoms with Crippen LogP contribution in [-0.4, -0.2) is 35.3 Å². The standard InChI is InChI=1S/C16H20N2O2/c1-20-16-5-3-2-4-15(16)13-18(10-11-19)12-14-6-8-17-9-7-14/h2-9,19H,10-13H2,1H3.